The van der Waals surface area contributed by atoms with E-state index in [-0.39, 0.29) is 5.91 Å². The van der Waals surface area contributed by atoms with E-state index in [0.29, 0.717) is 6.42 Å². The van der Waals surface area contributed by atoms with Crippen LogP contribution in [0.2, 0.25) is 0 Å². The number of benzene rings is 2. The highest BCUT2D eigenvalue weighted by Gasteiger charge is 2.06. The first-order valence-corrected chi connectivity index (χ1v) is 8.52. The number of thiophene rings is 1. The van der Waals surface area contributed by atoms with E-state index in [1.807, 2.05) is 76.9 Å². The Morgan fingerprint density at radius 3 is 2.67 bits per heavy atom. The normalized spacial score (nSPS) is 10.8. The molecule has 0 bridgehead atoms. The van der Waals surface area contributed by atoms with Gasteiger partial charge < -0.3 is 5.32 Å². The summed E-state index contributed by atoms with van der Waals surface area (Å²) in [4.78, 5) is 17.5. The number of nitrogens with zero attached hydrogens (tertiary/aromatic N) is 2. The molecule has 2 aromatic carbocycles. The minimum atomic E-state index is -0.00159. The van der Waals surface area contributed by atoms with Crippen molar-refractivity contribution in [2.75, 3.05) is 5.32 Å². The molecule has 5 heteroatoms. The second-order valence-corrected chi connectivity index (χ2v) is 6.49. The summed E-state index contributed by atoms with van der Waals surface area (Å²) in [6.45, 7) is 0. The van der Waals surface area contributed by atoms with Crippen molar-refractivity contribution in [3.63, 3.8) is 0 Å². The van der Waals surface area contributed by atoms with Gasteiger partial charge in [0.25, 0.3) is 0 Å². The molecule has 4 aromatic rings. The van der Waals surface area contributed by atoms with Gasteiger partial charge in [0.15, 0.2) is 0 Å². The molecule has 4 nitrogen and oxygen atoms in total. The largest absolute Gasteiger partial charge is 0.326 e. The van der Waals surface area contributed by atoms with Crippen LogP contribution in [0.3, 0.4) is 0 Å². The number of carbonyl (C=O) groups excluding carboxylic acids is 1. The average Bonchev–Trinajstić information content (AvgIpc) is 3.25. The van der Waals surface area contributed by atoms with Crippen molar-refractivity contribution in [3.05, 3.63) is 77.2 Å². The minimum absolute atomic E-state index is 0.00159. The SMILES string of the molecule is O=C(Cc1cccs1)Nc1ccc(-n2cnc3ccccc32)cc1. The van der Waals surface area contributed by atoms with Crippen molar-refractivity contribution < 1.29 is 4.79 Å². The maximum Gasteiger partial charge on any atom is 0.229 e. The summed E-state index contributed by atoms with van der Waals surface area (Å²) in [5, 5.41) is 4.91. The average molecular weight is 333 g/mol. The standard InChI is InChI=1S/C19H15N3OS/c23-19(12-16-4-3-11-24-16)21-14-7-9-15(10-8-14)22-13-20-17-5-1-2-6-18(17)22/h1-11,13H,12H2,(H,21,23). The Bertz CT molecular complexity index is 971. The first-order chi connectivity index (χ1) is 11.8. The summed E-state index contributed by atoms with van der Waals surface area (Å²) < 4.78 is 2.03. The summed E-state index contributed by atoms with van der Waals surface area (Å²) in [7, 11) is 0. The Balaban J connectivity index is 1.51. The van der Waals surface area contributed by atoms with Crippen LogP contribution in [-0.4, -0.2) is 15.5 Å². The molecule has 0 radical (unpaired) electrons. The number of anilines is 1. The van der Waals surface area contributed by atoms with Gasteiger partial charge in [-0.3, -0.25) is 9.36 Å². The lowest BCUT2D eigenvalue weighted by Crippen LogP contribution is -2.13. The first kappa shape index (κ1) is 14.7. The van der Waals surface area contributed by atoms with Crippen molar-refractivity contribution in [3.8, 4) is 5.69 Å². The van der Waals surface area contributed by atoms with Crippen LogP contribution in [0, 0.1) is 0 Å². The number of nitrogens with one attached hydrogen (secondary N) is 1. The number of imidazole rings is 1. The zero-order valence-electron chi connectivity index (χ0n) is 12.8. The van der Waals surface area contributed by atoms with Gasteiger partial charge in [0, 0.05) is 16.3 Å². The summed E-state index contributed by atoms with van der Waals surface area (Å²) in [5.74, 6) is -0.00159. The van der Waals surface area contributed by atoms with Gasteiger partial charge in [-0.1, -0.05) is 18.2 Å². The van der Waals surface area contributed by atoms with Crippen LogP contribution in [0.5, 0.6) is 0 Å². The quantitative estimate of drug-likeness (QED) is 0.606. The first-order valence-electron chi connectivity index (χ1n) is 7.64. The molecule has 0 atom stereocenters. The van der Waals surface area contributed by atoms with Crippen LogP contribution < -0.4 is 5.32 Å². The van der Waals surface area contributed by atoms with E-state index in [1.165, 1.54) is 0 Å². The Hall–Kier alpha value is -2.92. The van der Waals surface area contributed by atoms with Crippen LogP contribution in [0.4, 0.5) is 5.69 Å². The molecule has 0 aliphatic heterocycles. The molecular weight excluding hydrogens is 318 g/mol. The van der Waals surface area contributed by atoms with Gasteiger partial charge in [-0.25, -0.2) is 4.98 Å². The minimum Gasteiger partial charge on any atom is -0.326 e. The van der Waals surface area contributed by atoms with Gasteiger partial charge in [0.2, 0.25) is 5.91 Å². The van der Waals surface area contributed by atoms with E-state index in [4.69, 9.17) is 0 Å². The molecule has 0 aliphatic rings. The Labute approximate surface area is 143 Å². The number of fused-ring (bicyclic) bond motifs is 1. The lowest BCUT2D eigenvalue weighted by molar-refractivity contribution is -0.115. The maximum atomic E-state index is 12.0. The van der Waals surface area contributed by atoms with Crippen molar-refractivity contribution >= 4 is 34.0 Å². The molecule has 0 unspecified atom stereocenters. The van der Waals surface area contributed by atoms with Crippen LogP contribution in [-0.2, 0) is 11.2 Å². The zero-order chi connectivity index (χ0) is 16.4. The molecule has 1 amide bonds. The molecule has 24 heavy (non-hydrogen) atoms. The fourth-order valence-electron chi connectivity index (χ4n) is 2.65. The Morgan fingerprint density at radius 2 is 1.88 bits per heavy atom. The highest BCUT2D eigenvalue weighted by atomic mass is 32.1. The molecule has 2 aromatic heterocycles. The third kappa shape index (κ3) is 2.94. The molecule has 1 N–H and O–H groups in total. The third-order valence-electron chi connectivity index (χ3n) is 3.80. The predicted molar refractivity (Wildman–Crippen MR) is 97.7 cm³/mol. The predicted octanol–water partition coefficient (Wildman–Crippen LogP) is 4.27. The molecule has 0 saturated carbocycles. The van der Waals surface area contributed by atoms with E-state index in [9.17, 15) is 4.79 Å². The van der Waals surface area contributed by atoms with E-state index in [2.05, 4.69) is 10.3 Å². The smallest absolute Gasteiger partial charge is 0.229 e. The number of hydrogen-bond donors (Lipinski definition) is 1. The van der Waals surface area contributed by atoms with Gasteiger partial charge in [-0.2, -0.15) is 0 Å². The summed E-state index contributed by atoms with van der Waals surface area (Å²) in [6.07, 6.45) is 2.22. The molecule has 0 saturated heterocycles. The Kier molecular flexibility index (Phi) is 3.84. The Morgan fingerprint density at radius 1 is 1.04 bits per heavy atom. The van der Waals surface area contributed by atoms with Crippen molar-refractivity contribution in [1.82, 2.24) is 9.55 Å². The molecule has 0 fully saturated rings. The fourth-order valence-corrected chi connectivity index (χ4v) is 3.35. The second-order valence-electron chi connectivity index (χ2n) is 5.45. The lowest BCUT2D eigenvalue weighted by atomic mass is 10.2. The van der Waals surface area contributed by atoms with E-state index >= 15 is 0 Å². The summed E-state index contributed by atoms with van der Waals surface area (Å²) in [6, 6.07) is 19.7. The molecule has 118 valence electrons. The van der Waals surface area contributed by atoms with E-state index in [1.54, 1.807) is 11.3 Å². The lowest BCUT2D eigenvalue weighted by Gasteiger charge is -2.07. The number of carbonyl (C=O) groups is 1. The zero-order valence-corrected chi connectivity index (χ0v) is 13.7. The number of rotatable bonds is 4. The highest BCUT2D eigenvalue weighted by molar-refractivity contribution is 7.10. The number of para-hydroxylation sites is 2. The van der Waals surface area contributed by atoms with Gasteiger partial charge >= 0.3 is 0 Å². The van der Waals surface area contributed by atoms with Crippen LogP contribution in [0.1, 0.15) is 4.88 Å². The number of amides is 1. The third-order valence-corrected chi connectivity index (χ3v) is 4.67. The van der Waals surface area contributed by atoms with Gasteiger partial charge in [-0.15, -0.1) is 11.3 Å². The van der Waals surface area contributed by atoms with Crippen LogP contribution in [0.25, 0.3) is 16.7 Å². The van der Waals surface area contributed by atoms with Crippen molar-refractivity contribution in [1.29, 1.82) is 0 Å². The van der Waals surface area contributed by atoms with Gasteiger partial charge in [0.05, 0.1) is 17.5 Å². The van der Waals surface area contributed by atoms with Gasteiger partial charge in [-0.05, 0) is 47.8 Å². The molecule has 0 spiro atoms. The summed E-state index contributed by atoms with van der Waals surface area (Å²) >= 11 is 1.59. The van der Waals surface area contributed by atoms with E-state index < -0.39 is 0 Å². The van der Waals surface area contributed by atoms with Gasteiger partial charge in [0.1, 0.15) is 6.33 Å². The molecular formula is C19H15N3OS. The number of hydrogen-bond acceptors (Lipinski definition) is 3. The maximum absolute atomic E-state index is 12.0. The van der Waals surface area contributed by atoms with Crippen molar-refractivity contribution in [2.24, 2.45) is 0 Å². The van der Waals surface area contributed by atoms with E-state index in [0.717, 1.165) is 27.3 Å². The second kappa shape index (κ2) is 6.29. The number of aromatic nitrogens is 2. The molecule has 0 aliphatic carbocycles. The van der Waals surface area contributed by atoms with Crippen LogP contribution in [0.15, 0.2) is 72.4 Å². The van der Waals surface area contributed by atoms with Crippen molar-refractivity contribution in [2.45, 2.75) is 6.42 Å². The molecule has 4 rings (SSSR count). The monoisotopic (exact) mass is 333 g/mol. The topological polar surface area (TPSA) is 46.9 Å². The fraction of sp³-hybridized carbons (Fsp3) is 0.0526. The summed E-state index contributed by atoms with van der Waals surface area (Å²) in [5.41, 5.74) is 3.84. The molecule has 2 heterocycles. The highest BCUT2D eigenvalue weighted by Crippen LogP contribution is 2.20. The van der Waals surface area contributed by atoms with Crippen LogP contribution >= 0.6 is 11.3 Å².